The molecular weight excluding hydrogens is 440 g/mol. The van der Waals surface area contributed by atoms with Crippen LogP contribution in [0, 0.1) is 5.92 Å². The lowest BCUT2D eigenvalue weighted by Gasteiger charge is -2.22. The molecule has 0 aromatic heterocycles. The Bertz CT molecular complexity index is 1150. The highest BCUT2D eigenvalue weighted by molar-refractivity contribution is 8.01. The van der Waals surface area contributed by atoms with Crippen molar-refractivity contribution in [3.8, 4) is 11.5 Å². The molecule has 2 aromatic rings. The molecule has 31 heavy (non-hydrogen) atoms. The molecule has 2 atom stereocenters. The number of thioether (sulfide) groups is 1. The van der Waals surface area contributed by atoms with E-state index in [1.807, 2.05) is 6.07 Å². The minimum absolute atomic E-state index is 0.0807. The number of carbonyl (C=O) groups excluding carboxylic acids is 2. The number of hydrogen-bond acceptors (Lipinski definition) is 7. The fourth-order valence-corrected chi connectivity index (χ4v) is 5.80. The van der Waals surface area contributed by atoms with E-state index >= 15 is 0 Å². The average Bonchev–Trinajstić information content (AvgIpc) is 3.20. The summed E-state index contributed by atoms with van der Waals surface area (Å²) in [5, 5.41) is 5.26. The van der Waals surface area contributed by atoms with Crippen molar-refractivity contribution in [3.63, 3.8) is 0 Å². The quantitative estimate of drug-likeness (QED) is 0.679. The third-order valence-corrected chi connectivity index (χ3v) is 8.15. The van der Waals surface area contributed by atoms with Crippen LogP contribution in [0.1, 0.15) is 19.4 Å². The third kappa shape index (κ3) is 4.64. The highest BCUT2D eigenvalue weighted by Gasteiger charge is 2.27. The van der Waals surface area contributed by atoms with Gasteiger partial charge < -0.3 is 20.1 Å². The molecule has 2 aromatic carbocycles. The van der Waals surface area contributed by atoms with Gasteiger partial charge in [0.05, 0.1) is 21.6 Å². The van der Waals surface area contributed by atoms with E-state index in [1.165, 1.54) is 23.9 Å². The molecule has 2 amide bonds. The summed E-state index contributed by atoms with van der Waals surface area (Å²) in [7, 11) is -3.72. The van der Waals surface area contributed by atoms with E-state index in [4.69, 9.17) is 9.47 Å². The van der Waals surface area contributed by atoms with Crippen LogP contribution in [0.5, 0.6) is 11.5 Å². The van der Waals surface area contributed by atoms with Crippen LogP contribution < -0.4 is 20.1 Å². The molecule has 0 bridgehead atoms. The standard InChI is InChI=1S/C21H22N2O6S2/c1-12(20(24)22-9-14-3-5-17-18(7-14)29-11-28-17)10-31(26,27)15-4-6-19-16(8-15)23-21(25)13(2)30-19/h3-8,12-13H,9-11H2,1-2H3,(H,22,24)(H,23,25). The number of sulfone groups is 1. The van der Waals surface area contributed by atoms with Gasteiger partial charge in [-0.25, -0.2) is 8.42 Å². The molecule has 10 heteroatoms. The molecule has 0 fully saturated rings. The van der Waals surface area contributed by atoms with Crippen LogP contribution in [0.2, 0.25) is 0 Å². The van der Waals surface area contributed by atoms with Crippen molar-refractivity contribution in [2.24, 2.45) is 5.92 Å². The summed E-state index contributed by atoms with van der Waals surface area (Å²) >= 11 is 1.38. The molecule has 0 aliphatic carbocycles. The Morgan fingerprint density at radius 2 is 2.00 bits per heavy atom. The van der Waals surface area contributed by atoms with Crippen molar-refractivity contribution < 1.29 is 27.5 Å². The lowest BCUT2D eigenvalue weighted by atomic mass is 10.1. The number of anilines is 1. The molecular formula is C21H22N2O6S2. The van der Waals surface area contributed by atoms with Crippen molar-refractivity contribution in [1.82, 2.24) is 5.32 Å². The summed E-state index contributed by atoms with van der Waals surface area (Å²) in [5.74, 6) is -0.340. The van der Waals surface area contributed by atoms with Gasteiger partial charge in [0.25, 0.3) is 0 Å². The minimum atomic E-state index is -3.72. The van der Waals surface area contributed by atoms with Gasteiger partial charge >= 0.3 is 0 Å². The Morgan fingerprint density at radius 3 is 2.81 bits per heavy atom. The number of ether oxygens (including phenoxy) is 2. The zero-order valence-electron chi connectivity index (χ0n) is 17.0. The van der Waals surface area contributed by atoms with E-state index in [0.29, 0.717) is 17.2 Å². The van der Waals surface area contributed by atoms with Gasteiger partial charge in [0, 0.05) is 17.4 Å². The largest absolute Gasteiger partial charge is 0.454 e. The maximum Gasteiger partial charge on any atom is 0.237 e. The first-order valence-electron chi connectivity index (χ1n) is 9.73. The zero-order chi connectivity index (χ0) is 22.2. The molecule has 164 valence electrons. The van der Waals surface area contributed by atoms with Crippen molar-refractivity contribution in [3.05, 3.63) is 42.0 Å². The molecule has 8 nitrogen and oxygen atoms in total. The highest BCUT2D eigenvalue weighted by atomic mass is 32.2. The second-order valence-electron chi connectivity index (χ2n) is 7.50. The Morgan fingerprint density at radius 1 is 1.23 bits per heavy atom. The van der Waals surface area contributed by atoms with Gasteiger partial charge in [-0.15, -0.1) is 11.8 Å². The van der Waals surface area contributed by atoms with E-state index in [0.717, 1.165) is 10.5 Å². The summed E-state index contributed by atoms with van der Waals surface area (Å²) in [4.78, 5) is 25.3. The van der Waals surface area contributed by atoms with Gasteiger partial charge in [0.1, 0.15) is 0 Å². The molecule has 2 aliphatic heterocycles. The molecule has 2 N–H and O–H groups in total. The fourth-order valence-electron chi connectivity index (χ4n) is 3.30. The normalized spacial score (nSPS) is 18.1. The molecule has 2 unspecified atom stereocenters. The van der Waals surface area contributed by atoms with E-state index in [-0.39, 0.29) is 41.1 Å². The van der Waals surface area contributed by atoms with Crippen LogP contribution in [0.15, 0.2) is 46.2 Å². The molecule has 4 rings (SSSR count). The lowest BCUT2D eigenvalue weighted by Crippen LogP contribution is -2.33. The summed E-state index contributed by atoms with van der Waals surface area (Å²) in [6.07, 6.45) is 0. The van der Waals surface area contributed by atoms with Crippen LogP contribution in [-0.2, 0) is 26.0 Å². The van der Waals surface area contributed by atoms with E-state index in [1.54, 1.807) is 32.0 Å². The highest BCUT2D eigenvalue weighted by Crippen LogP contribution is 2.37. The van der Waals surface area contributed by atoms with Crippen molar-refractivity contribution >= 4 is 39.1 Å². The second kappa shape index (κ2) is 8.43. The Labute approximate surface area is 184 Å². The van der Waals surface area contributed by atoms with Gasteiger partial charge in [-0.2, -0.15) is 0 Å². The molecule has 2 heterocycles. The van der Waals surface area contributed by atoms with Crippen LogP contribution >= 0.6 is 11.8 Å². The van der Waals surface area contributed by atoms with Crippen LogP contribution in [-0.4, -0.2) is 38.0 Å². The molecule has 0 saturated heterocycles. The summed E-state index contributed by atoms with van der Waals surface area (Å²) in [6.45, 7) is 3.78. The summed E-state index contributed by atoms with van der Waals surface area (Å²) < 4.78 is 36.3. The predicted molar refractivity (Wildman–Crippen MR) is 116 cm³/mol. The number of benzene rings is 2. The SMILES string of the molecule is CC(CS(=O)(=O)c1ccc2c(c1)NC(=O)C(C)S2)C(=O)NCc1ccc2c(c1)OCO2. The van der Waals surface area contributed by atoms with Crippen LogP contribution in [0.4, 0.5) is 5.69 Å². The Balaban J connectivity index is 1.39. The van der Waals surface area contributed by atoms with Gasteiger partial charge in [0.15, 0.2) is 21.3 Å². The minimum Gasteiger partial charge on any atom is -0.454 e. The summed E-state index contributed by atoms with van der Waals surface area (Å²) in [6, 6.07) is 10.0. The molecule has 2 aliphatic rings. The lowest BCUT2D eigenvalue weighted by molar-refractivity contribution is -0.124. The first-order valence-corrected chi connectivity index (χ1v) is 12.3. The maximum atomic E-state index is 12.9. The summed E-state index contributed by atoms with van der Waals surface area (Å²) in [5.41, 5.74) is 1.30. The fraction of sp³-hybridized carbons (Fsp3) is 0.333. The van der Waals surface area contributed by atoms with Gasteiger partial charge in [-0.1, -0.05) is 13.0 Å². The maximum absolute atomic E-state index is 12.9. The number of rotatable bonds is 6. The average molecular weight is 463 g/mol. The van der Waals surface area contributed by atoms with Gasteiger partial charge in [-0.05, 0) is 42.8 Å². The number of hydrogen-bond donors (Lipinski definition) is 2. The number of nitrogens with one attached hydrogen (secondary N) is 2. The smallest absolute Gasteiger partial charge is 0.237 e. The van der Waals surface area contributed by atoms with Gasteiger partial charge in [0.2, 0.25) is 18.6 Å². The zero-order valence-corrected chi connectivity index (χ0v) is 18.6. The van der Waals surface area contributed by atoms with E-state index in [9.17, 15) is 18.0 Å². The topological polar surface area (TPSA) is 111 Å². The number of fused-ring (bicyclic) bond motifs is 2. The van der Waals surface area contributed by atoms with Crippen LogP contribution in [0.25, 0.3) is 0 Å². The van der Waals surface area contributed by atoms with Crippen molar-refractivity contribution in [2.75, 3.05) is 17.9 Å². The second-order valence-corrected chi connectivity index (χ2v) is 10.9. The predicted octanol–water partition coefficient (Wildman–Crippen LogP) is 2.57. The van der Waals surface area contributed by atoms with Crippen molar-refractivity contribution in [1.29, 1.82) is 0 Å². The molecule has 0 saturated carbocycles. The number of amides is 2. The first-order chi connectivity index (χ1) is 14.7. The third-order valence-electron chi connectivity index (χ3n) is 5.06. The van der Waals surface area contributed by atoms with Gasteiger partial charge in [-0.3, -0.25) is 9.59 Å². The van der Waals surface area contributed by atoms with E-state index in [2.05, 4.69) is 10.6 Å². The molecule has 0 spiro atoms. The first kappa shape index (κ1) is 21.5. The molecule has 0 radical (unpaired) electrons. The monoisotopic (exact) mass is 462 g/mol. The van der Waals surface area contributed by atoms with Crippen molar-refractivity contribution in [2.45, 2.75) is 35.4 Å². The Kier molecular flexibility index (Phi) is 5.85. The Hall–Kier alpha value is -2.72. The number of carbonyl (C=O) groups is 2. The van der Waals surface area contributed by atoms with Crippen LogP contribution in [0.3, 0.4) is 0 Å². The van der Waals surface area contributed by atoms with E-state index < -0.39 is 15.8 Å².